The maximum absolute atomic E-state index is 12.7. The minimum atomic E-state index is -4.89. The lowest BCUT2D eigenvalue weighted by Gasteiger charge is -2.20. The summed E-state index contributed by atoms with van der Waals surface area (Å²) in [6, 6.07) is 0. The molecule has 1 unspecified atom stereocenters. The van der Waals surface area contributed by atoms with Crippen LogP contribution in [0.4, 0.5) is 0 Å². The van der Waals surface area contributed by atoms with Crippen LogP contribution in [-0.4, -0.2) is 87.4 Å². The van der Waals surface area contributed by atoms with Crippen molar-refractivity contribution >= 4 is 33.4 Å². The van der Waals surface area contributed by atoms with Crippen LogP contribution in [0.25, 0.3) is 0 Å². The molecule has 0 aromatic rings. The summed E-state index contributed by atoms with van der Waals surface area (Å²) in [4.78, 5) is 65.2. The van der Waals surface area contributed by atoms with Crippen molar-refractivity contribution in [3.8, 4) is 0 Å². The largest absolute Gasteiger partial charge is 0.472 e. The van der Waals surface area contributed by atoms with Gasteiger partial charge in [-0.3, -0.25) is 28.0 Å². The van der Waals surface area contributed by atoms with Gasteiger partial charge in [-0.25, -0.2) is 9.13 Å². The Hall–Kier alpha value is -2.81. The summed E-state index contributed by atoms with van der Waals surface area (Å²) in [5.41, 5.74) is 0. The number of carbonyl (C=O) groups excluding carboxylic acids is 3. The lowest BCUT2D eigenvalue weighted by atomic mass is 9.90. The van der Waals surface area contributed by atoms with Crippen molar-refractivity contribution in [2.45, 2.75) is 148 Å². The van der Waals surface area contributed by atoms with Gasteiger partial charge in [0.25, 0.3) is 0 Å². The average molecular weight is 903 g/mol. The van der Waals surface area contributed by atoms with Crippen LogP contribution >= 0.6 is 15.6 Å². The van der Waals surface area contributed by atoms with Gasteiger partial charge in [0.05, 0.1) is 25.9 Å². The predicted octanol–water partition coefficient (Wildman–Crippen LogP) is 8.62. The van der Waals surface area contributed by atoms with E-state index < -0.39 is 72.3 Å². The van der Waals surface area contributed by atoms with Crippen molar-refractivity contribution in [1.29, 1.82) is 0 Å². The Labute approximate surface area is 362 Å². The first kappa shape index (κ1) is 56.2. The van der Waals surface area contributed by atoms with E-state index in [1.54, 1.807) is 18.2 Å². The van der Waals surface area contributed by atoms with E-state index in [4.69, 9.17) is 23.8 Å². The number of rotatable bonds is 37. The first-order valence-electron chi connectivity index (χ1n) is 21.7. The highest BCUT2D eigenvalue weighted by molar-refractivity contribution is 7.47. The van der Waals surface area contributed by atoms with Gasteiger partial charge in [0.15, 0.2) is 11.9 Å². The second-order valence-corrected chi connectivity index (χ2v) is 17.6. The number of esters is 2. The normalized spacial score (nSPS) is 18.6. The van der Waals surface area contributed by atoms with Gasteiger partial charge in [-0.2, -0.15) is 0 Å². The minimum Gasteiger partial charge on any atom is -0.462 e. The highest BCUT2D eigenvalue weighted by atomic mass is 31.2. The zero-order chi connectivity index (χ0) is 45.2. The van der Waals surface area contributed by atoms with Crippen molar-refractivity contribution in [1.82, 2.24) is 0 Å². The molecule has 0 aliphatic heterocycles. The van der Waals surface area contributed by atoms with Crippen LogP contribution in [0.2, 0.25) is 0 Å². The smallest absolute Gasteiger partial charge is 0.462 e. The molecule has 0 saturated carbocycles. The van der Waals surface area contributed by atoms with E-state index in [0.717, 1.165) is 44.9 Å². The fraction of sp³-hybridized carbons (Fsp3) is 0.659. The molecule has 0 amide bonds. The van der Waals surface area contributed by atoms with Crippen molar-refractivity contribution in [3.05, 3.63) is 72.9 Å². The number of phosphoric ester groups is 2. The number of hydrogen-bond donors (Lipinski definition) is 5. The third kappa shape index (κ3) is 32.5. The number of phosphoric acid groups is 2. The second kappa shape index (κ2) is 34.6. The van der Waals surface area contributed by atoms with Gasteiger partial charge < -0.3 is 34.4 Å². The molecular formula is C44H72O15P2. The third-order valence-corrected chi connectivity index (χ3v) is 10.7. The Morgan fingerprint density at radius 3 is 1.95 bits per heavy atom. The molecule has 1 aliphatic rings. The molecule has 61 heavy (non-hydrogen) atoms. The van der Waals surface area contributed by atoms with E-state index in [9.17, 15) is 38.6 Å². The molecule has 0 bridgehead atoms. The molecule has 1 rings (SSSR count). The van der Waals surface area contributed by atoms with Gasteiger partial charge >= 0.3 is 27.6 Å². The van der Waals surface area contributed by atoms with Gasteiger partial charge in [-0.1, -0.05) is 113 Å². The first-order valence-corrected chi connectivity index (χ1v) is 24.7. The number of allylic oxidation sites excluding steroid dienone is 11. The fourth-order valence-corrected chi connectivity index (χ4v) is 7.03. The lowest BCUT2D eigenvalue weighted by Crippen LogP contribution is -2.29. The molecule has 6 atom stereocenters. The number of aliphatic hydroxyl groups is 2. The van der Waals surface area contributed by atoms with Crippen LogP contribution < -0.4 is 0 Å². The van der Waals surface area contributed by atoms with E-state index in [0.29, 0.717) is 38.5 Å². The van der Waals surface area contributed by atoms with Crippen molar-refractivity contribution in [3.63, 3.8) is 0 Å². The van der Waals surface area contributed by atoms with Crippen molar-refractivity contribution in [2.75, 3.05) is 26.4 Å². The first-order chi connectivity index (χ1) is 29.2. The van der Waals surface area contributed by atoms with Crippen LogP contribution in [0, 0.1) is 11.8 Å². The summed E-state index contributed by atoms with van der Waals surface area (Å²) in [6.45, 7) is 1.34. The Morgan fingerprint density at radius 2 is 1.28 bits per heavy atom. The number of hydrogen-bond acceptors (Lipinski definition) is 12. The molecule has 0 aromatic heterocycles. The summed E-state index contributed by atoms with van der Waals surface area (Å²) in [5, 5.41) is 20.0. The number of ether oxygens (including phenoxy) is 2. The Bertz CT molecular complexity index is 1500. The third-order valence-electron chi connectivity index (χ3n) is 9.31. The standard InChI is InChI=1S/C44H72O15P2/c1-3-5-7-8-9-10-11-12-13-14-15-16-17-18-24-28-44(49)59-40(36-58-61(53,54)57-34-39(46)33-56-60(50,51)52)35-55-43(48)27-23-20-19-22-25-37-29-32-42(47)41(37)31-30-38(45)26-21-6-4-2/h9-10,12-13,15-16,19,22,29-32,37-41,45-46H,3-8,11,14,17-18,20-21,23-28,33-36H2,1-2H3,(H,53,54)(H2,50,51,52)/b10-9-,13-12-,16-15-,22-19-,31-30+/t37-,38-,39-,40+,41+/m0/s1. The van der Waals surface area contributed by atoms with Gasteiger partial charge in [-0.05, 0) is 82.6 Å². The van der Waals surface area contributed by atoms with E-state index in [1.165, 1.54) is 19.3 Å². The second-order valence-electron chi connectivity index (χ2n) is 14.9. The van der Waals surface area contributed by atoms with Gasteiger partial charge in [0.1, 0.15) is 12.7 Å². The Balaban J connectivity index is 2.58. The van der Waals surface area contributed by atoms with Crippen LogP contribution in [0.3, 0.4) is 0 Å². The Kier molecular flexibility index (Phi) is 31.9. The number of aliphatic hydroxyl groups excluding tert-OH is 2. The maximum Gasteiger partial charge on any atom is 0.472 e. The number of ketones is 1. The monoisotopic (exact) mass is 902 g/mol. The maximum atomic E-state index is 12.7. The molecule has 0 fully saturated rings. The lowest BCUT2D eigenvalue weighted by molar-refractivity contribution is -0.161. The van der Waals surface area contributed by atoms with Gasteiger partial charge in [0.2, 0.25) is 0 Å². The molecule has 17 heteroatoms. The van der Waals surface area contributed by atoms with E-state index in [2.05, 4.69) is 53.3 Å². The molecule has 15 nitrogen and oxygen atoms in total. The summed E-state index contributed by atoms with van der Waals surface area (Å²) in [5.74, 6) is -1.57. The molecule has 0 radical (unpaired) electrons. The fourth-order valence-electron chi connectivity index (χ4n) is 5.87. The molecule has 0 heterocycles. The van der Waals surface area contributed by atoms with Gasteiger partial charge in [0, 0.05) is 18.8 Å². The molecule has 5 N–H and O–H groups in total. The molecule has 0 aromatic carbocycles. The molecule has 348 valence electrons. The molecule has 1 aliphatic carbocycles. The molecule has 0 saturated heterocycles. The topological polar surface area (TPSA) is 233 Å². The Morgan fingerprint density at radius 1 is 0.705 bits per heavy atom. The molecular weight excluding hydrogens is 830 g/mol. The summed E-state index contributed by atoms with van der Waals surface area (Å²) in [6.07, 6.45) is 33.9. The number of carbonyl (C=O) groups is 3. The summed E-state index contributed by atoms with van der Waals surface area (Å²) < 4.78 is 47.7. The quantitative estimate of drug-likeness (QED) is 0.0170. The van der Waals surface area contributed by atoms with Crippen LogP contribution in [0.15, 0.2) is 72.9 Å². The average Bonchev–Trinajstić information content (AvgIpc) is 3.57. The van der Waals surface area contributed by atoms with E-state index in [-0.39, 0.29) is 30.5 Å². The SMILES string of the molecule is CCCCC/C=C\C/C=C\C/C=C\CCCCC(=O)O[C@H](COC(=O)CCC/C=C\C[C@H]1C=CC(=O)[C@@H]1/C=C/[C@@H](O)CCCCC)COP(=O)(O)OC[C@@H](O)COP(=O)(O)O. The van der Waals surface area contributed by atoms with Crippen LogP contribution in [-0.2, 0) is 46.6 Å². The summed E-state index contributed by atoms with van der Waals surface area (Å²) >= 11 is 0. The van der Waals surface area contributed by atoms with Crippen LogP contribution in [0.1, 0.15) is 129 Å². The minimum absolute atomic E-state index is 0.00535. The van der Waals surface area contributed by atoms with Crippen molar-refractivity contribution in [2.24, 2.45) is 11.8 Å². The van der Waals surface area contributed by atoms with Gasteiger partial charge in [-0.15, -0.1) is 0 Å². The van der Waals surface area contributed by atoms with E-state index >= 15 is 0 Å². The van der Waals surface area contributed by atoms with Crippen LogP contribution in [0.5, 0.6) is 0 Å². The zero-order valence-corrected chi connectivity index (χ0v) is 37.9. The highest BCUT2D eigenvalue weighted by Crippen LogP contribution is 2.44. The number of unbranched alkanes of at least 4 members (excludes halogenated alkanes) is 8. The van der Waals surface area contributed by atoms with Crippen molar-refractivity contribution < 1.29 is 71.5 Å². The summed E-state index contributed by atoms with van der Waals surface area (Å²) in [7, 11) is -9.76. The predicted molar refractivity (Wildman–Crippen MR) is 234 cm³/mol. The van der Waals surface area contributed by atoms with E-state index in [1.807, 2.05) is 24.3 Å². The zero-order valence-electron chi connectivity index (χ0n) is 36.1. The molecule has 0 spiro atoms. The highest BCUT2D eigenvalue weighted by Gasteiger charge is 2.29.